The zero-order valence-electron chi connectivity index (χ0n) is 9.58. The average Bonchev–Trinajstić information content (AvgIpc) is 2.32. The third-order valence-corrected chi connectivity index (χ3v) is 2.51. The number of benzene rings is 1. The summed E-state index contributed by atoms with van der Waals surface area (Å²) in [7, 11) is 0. The minimum absolute atomic E-state index is 0.463. The van der Waals surface area contributed by atoms with Gasteiger partial charge in [-0.3, -0.25) is 4.98 Å². The molecule has 0 fully saturated rings. The zero-order chi connectivity index (χ0) is 12.1. The van der Waals surface area contributed by atoms with Gasteiger partial charge in [-0.2, -0.15) is 5.26 Å². The van der Waals surface area contributed by atoms with Crippen LogP contribution in [-0.4, -0.2) is 4.98 Å². The summed E-state index contributed by atoms with van der Waals surface area (Å²) >= 11 is 6.08. The van der Waals surface area contributed by atoms with Gasteiger partial charge in [-0.25, -0.2) is 0 Å². The Morgan fingerprint density at radius 3 is 2.50 bits per heavy atom. The van der Waals surface area contributed by atoms with Crippen molar-refractivity contribution in [2.24, 2.45) is 0 Å². The molecule has 0 spiro atoms. The lowest BCUT2D eigenvalue weighted by Crippen LogP contribution is -1.91. The molecule has 0 N–H and O–H groups in total. The van der Waals surface area contributed by atoms with E-state index in [-0.39, 0.29) is 0 Å². The van der Waals surface area contributed by atoms with E-state index >= 15 is 0 Å². The summed E-state index contributed by atoms with van der Waals surface area (Å²) in [6, 6.07) is 9.59. The van der Waals surface area contributed by atoms with Gasteiger partial charge in [0, 0.05) is 5.39 Å². The van der Waals surface area contributed by atoms with Crippen LogP contribution in [0.15, 0.2) is 24.3 Å². The number of hydrogen-bond acceptors (Lipinski definition) is 2. The number of halogens is 1. The number of hydrogen-bond donors (Lipinski definition) is 0. The van der Waals surface area contributed by atoms with Gasteiger partial charge in [0.2, 0.25) is 0 Å². The van der Waals surface area contributed by atoms with Crippen molar-refractivity contribution in [3.8, 4) is 6.07 Å². The van der Waals surface area contributed by atoms with E-state index < -0.39 is 0 Å². The number of aryl methyl sites for hydroxylation is 1. The van der Waals surface area contributed by atoms with E-state index in [1.807, 2.05) is 38.1 Å². The molecule has 2 nitrogen and oxygen atoms in total. The minimum Gasteiger partial charge on any atom is -0.252 e. The Morgan fingerprint density at radius 1 is 1.25 bits per heavy atom. The van der Waals surface area contributed by atoms with Crippen LogP contribution in [0, 0.1) is 18.3 Å². The molecular formula is C13H13ClN2. The summed E-state index contributed by atoms with van der Waals surface area (Å²) in [5, 5.41) is 10.2. The summed E-state index contributed by atoms with van der Waals surface area (Å²) in [6.07, 6.45) is 0. The molecular weight excluding hydrogens is 220 g/mol. The van der Waals surface area contributed by atoms with Crippen LogP contribution in [0.3, 0.4) is 0 Å². The Morgan fingerprint density at radius 2 is 1.88 bits per heavy atom. The van der Waals surface area contributed by atoms with Crippen LogP contribution in [0.4, 0.5) is 0 Å². The number of pyridine rings is 1. The lowest BCUT2D eigenvalue weighted by molar-refractivity contribution is 1.23. The van der Waals surface area contributed by atoms with E-state index in [0.29, 0.717) is 16.3 Å². The SMILES string of the molecule is CC.Cc1nc2ccccc2c(Cl)c1C#N. The summed E-state index contributed by atoms with van der Waals surface area (Å²) in [5.74, 6) is 0. The van der Waals surface area contributed by atoms with E-state index in [2.05, 4.69) is 11.1 Å². The van der Waals surface area contributed by atoms with E-state index in [4.69, 9.17) is 16.9 Å². The predicted molar refractivity (Wildman–Crippen MR) is 67.6 cm³/mol. The molecule has 2 aromatic rings. The second kappa shape index (κ2) is 5.48. The molecule has 16 heavy (non-hydrogen) atoms. The van der Waals surface area contributed by atoms with Crippen molar-refractivity contribution in [3.05, 3.63) is 40.5 Å². The molecule has 2 rings (SSSR count). The van der Waals surface area contributed by atoms with Crippen molar-refractivity contribution < 1.29 is 0 Å². The first kappa shape index (κ1) is 12.5. The Kier molecular flexibility index (Phi) is 4.28. The maximum absolute atomic E-state index is 8.88. The van der Waals surface area contributed by atoms with Crippen molar-refractivity contribution in [1.29, 1.82) is 5.26 Å². The third kappa shape index (κ3) is 2.15. The smallest absolute Gasteiger partial charge is 0.103 e. The third-order valence-electron chi connectivity index (χ3n) is 2.12. The summed E-state index contributed by atoms with van der Waals surface area (Å²) in [6.45, 7) is 5.79. The van der Waals surface area contributed by atoms with Crippen LogP contribution in [0.5, 0.6) is 0 Å². The highest BCUT2D eigenvalue weighted by Crippen LogP contribution is 2.26. The molecule has 0 aliphatic rings. The zero-order valence-corrected chi connectivity index (χ0v) is 10.3. The Hall–Kier alpha value is -1.59. The van der Waals surface area contributed by atoms with Gasteiger partial charge >= 0.3 is 0 Å². The van der Waals surface area contributed by atoms with Gasteiger partial charge in [0.15, 0.2) is 0 Å². The first-order chi connectivity index (χ1) is 7.74. The fourth-order valence-corrected chi connectivity index (χ4v) is 1.76. The first-order valence-electron chi connectivity index (χ1n) is 5.19. The largest absolute Gasteiger partial charge is 0.252 e. The Balaban J connectivity index is 0.000000606. The van der Waals surface area contributed by atoms with Gasteiger partial charge in [0.25, 0.3) is 0 Å². The van der Waals surface area contributed by atoms with Crippen LogP contribution in [0.2, 0.25) is 5.02 Å². The molecule has 0 bridgehead atoms. The van der Waals surface area contributed by atoms with E-state index in [9.17, 15) is 0 Å². The van der Waals surface area contributed by atoms with Crippen molar-refractivity contribution in [1.82, 2.24) is 4.98 Å². The average molecular weight is 233 g/mol. The molecule has 0 radical (unpaired) electrons. The molecule has 82 valence electrons. The van der Waals surface area contributed by atoms with Crippen LogP contribution < -0.4 is 0 Å². The van der Waals surface area contributed by atoms with Crippen molar-refractivity contribution in [2.75, 3.05) is 0 Å². The lowest BCUT2D eigenvalue weighted by atomic mass is 10.1. The molecule has 1 aromatic carbocycles. The number of nitrogens with zero attached hydrogens (tertiary/aromatic N) is 2. The van der Waals surface area contributed by atoms with Crippen molar-refractivity contribution in [2.45, 2.75) is 20.8 Å². The van der Waals surface area contributed by atoms with Gasteiger partial charge in [-0.05, 0) is 13.0 Å². The number of rotatable bonds is 0. The lowest BCUT2D eigenvalue weighted by Gasteiger charge is -2.03. The first-order valence-corrected chi connectivity index (χ1v) is 5.57. The van der Waals surface area contributed by atoms with Crippen LogP contribution in [0.1, 0.15) is 25.1 Å². The van der Waals surface area contributed by atoms with Gasteiger partial charge < -0.3 is 0 Å². The maximum atomic E-state index is 8.88. The second-order valence-corrected chi connectivity index (χ2v) is 3.39. The highest BCUT2D eigenvalue weighted by Gasteiger charge is 2.09. The Labute approximate surface area is 100 Å². The van der Waals surface area contributed by atoms with E-state index in [1.165, 1.54) is 0 Å². The topological polar surface area (TPSA) is 36.7 Å². The van der Waals surface area contributed by atoms with Crippen LogP contribution in [-0.2, 0) is 0 Å². The number of nitriles is 1. The molecule has 0 aliphatic carbocycles. The van der Waals surface area contributed by atoms with Crippen molar-refractivity contribution >= 4 is 22.5 Å². The fourth-order valence-electron chi connectivity index (χ4n) is 1.42. The number of fused-ring (bicyclic) bond motifs is 1. The predicted octanol–water partition coefficient (Wildman–Crippen LogP) is 4.09. The van der Waals surface area contributed by atoms with Crippen molar-refractivity contribution in [3.63, 3.8) is 0 Å². The van der Waals surface area contributed by atoms with Gasteiger partial charge in [0.1, 0.15) is 6.07 Å². The standard InChI is InChI=1S/C11H7ClN2.C2H6/c1-7-9(6-13)11(12)8-4-2-3-5-10(8)14-7;1-2/h2-5H,1H3;1-2H3. The molecule has 0 amide bonds. The van der Waals surface area contributed by atoms with Crippen LogP contribution >= 0.6 is 11.6 Å². The molecule has 0 atom stereocenters. The van der Waals surface area contributed by atoms with E-state index in [0.717, 1.165) is 10.9 Å². The maximum Gasteiger partial charge on any atom is 0.103 e. The summed E-state index contributed by atoms with van der Waals surface area (Å²) in [5.41, 5.74) is 1.97. The molecule has 3 heteroatoms. The number of aromatic nitrogens is 1. The number of para-hydroxylation sites is 1. The van der Waals surface area contributed by atoms with Gasteiger partial charge in [0.05, 0.1) is 21.8 Å². The monoisotopic (exact) mass is 232 g/mol. The molecule has 0 aliphatic heterocycles. The van der Waals surface area contributed by atoms with Crippen LogP contribution in [0.25, 0.3) is 10.9 Å². The van der Waals surface area contributed by atoms with Gasteiger partial charge in [-0.1, -0.05) is 43.6 Å². The highest BCUT2D eigenvalue weighted by molar-refractivity contribution is 6.36. The fraction of sp³-hybridized carbons (Fsp3) is 0.231. The molecule has 1 heterocycles. The second-order valence-electron chi connectivity index (χ2n) is 3.02. The quantitative estimate of drug-likeness (QED) is 0.686. The summed E-state index contributed by atoms with van der Waals surface area (Å²) in [4.78, 5) is 4.30. The molecule has 1 aromatic heterocycles. The van der Waals surface area contributed by atoms with E-state index in [1.54, 1.807) is 6.92 Å². The highest BCUT2D eigenvalue weighted by atomic mass is 35.5. The molecule has 0 saturated carbocycles. The van der Waals surface area contributed by atoms with Gasteiger partial charge in [-0.15, -0.1) is 0 Å². The minimum atomic E-state index is 0.463. The molecule has 0 unspecified atom stereocenters. The normalized spacial score (nSPS) is 9.19. The molecule has 0 saturated heterocycles. The Bertz CT molecular complexity index is 541. The summed E-state index contributed by atoms with van der Waals surface area (Å²) < 4.78 is 0.